The topological polar surface area (TPSA) is 51.7 Å². The summed E-state index contributed by atoms with van der Waals surface area (Å²) in [6.07, 6.45) is 3.18. The predicted octanol–water partition coefficient (Wildman–Crippen LogP) is 4.00. The number of likely N-dealkylation sites (N-methyl/N-ethyl adjacent to an activating group) is 1. The van der Waals surface area contributed by atoms with E-state index in [4.69, 9.17) is 9.47 Å². The molecular formula is C21H20N2O3S. The quantitative estimate of drug-likeness (QED) is 0.628. The number of carbonyl (C=O) groups excluding carboxylic acids is 1. The number of thiazole rings is 1. The molecule has 0 aliphatic carbocycles. The number of ether oxygens (including phenoxy) is 2. The van der Waals surface area contributed by atoms with E-state index >= 15 is 0 Å². The van der Waals surface area contributed by atoms with Crippen LogP contribution in [0.3, 0.4) is 0 Å². The Bertz CT molecular complexity index is 949. The summed E-state index contributed by atoms with van der Waals surface area (Å²) in [6.45, 7) is 3.47. The molecule has 0 spiro atoms. The molecule has 138 valence electrons. The van der Waals surface area contributed by atoms with E-state index in [0.29, 0.717) is 19.7 Å². The summed E-state index contributed by atoms with van der Waals surface area (Å²) in [7, 11) is 0. The lowest BCUT2D eigenvalue weighted by atomic mass is 10.2. The molecule has 1 atom stereocenters. The van der Waals surface area contributed by atoms with E-state index in [2.05, 4.69) is 4.98 Å². The van der Waals surface area contributed by atoms with Crippen molar-refractivity contribution < 1.29 is 14.3 Å². The maximum absolute atomic E-state index is 12.6. The van der Waals surface area contributed by atoms with Crippen molar-refractivity contribution in [1.29, 1.82) is 0 Å². The van der Waals surface area contributed by atoms with Gasteiger partial charge in [0.1, 0.15) is 11.6 Å². The maximum Gasteiger partial charge on any atom is 0.246 e. The van der Waals surface area contributed by atoms with E-state index in [9.17, 15) is 4.79 Å². The fourth-order valence-corrected chi connectivity index (χ4v) is 3.85. The van der Waals surface area contributed by atoms with Crippen LogP contribution in [0.25, 0.3) is 16.3 Å². The molecule has 3 aromatic rings. The zero-order chi connectivity index (χ0) is 18.6. The van der Waals surface area contributed by atoms with Crippen molar-refractivity contribution in [3.8, 4) is 11.5 Å². The lowest BCUT2D eigenvalue weighted by Gasteiger charge is -2.30. The van der Waals surface area contributed by atoms with E-state index in [1.807, 2.05) is 55.5 Å². The van der Waals surface area contributed by atoms with Crippen LogP contribution in [0.4, 0.5) is 0 Å². The fourth-order valence-electron chi connectivity index (χ4n) is 2.98. The molecule has 6 heteroatoms. The molecule has 5 nitrogen and oxygen atoms in total. The average Bonchev–Trinajstić information content (AvgIpc) is 3.13. The molecule has 4 rings (SSSR count). The van der Waals surface area contributed by atoms with E-state index in [0.717, 1.165) is 26.7 Å². The molecule has 1 amide bonds. The van der Waals surface area contributed by atoms with Gasteiger partial charge < -0.3 is 14.4 Å². The van der Waals surface area contributed by atoms with Gasteiger partial charge in [-0.25, -0.2) is 4.98 Å². The first-order chi connectivity index (χ1) is 13.2. The number of nitrogens with zero attached hydrogens (tertiary/aromatic N) is 2. The molecule has 1 unspecified atom stereocenters. The minimum atomic E-state index is -0.181. The van der Waals surface area contributed by atoms with Crippen molar-refractivity contribution in [1.82, 2.24) is 9.88 Å². The molecule has 1 aliphatic heterocycles. The smallest absolute Gasteiger partial charge is 0.246 e. The molecule has 0 radical (unpaired) electrons. The first kappa shape index (κ1) is 17.5. The number of aromatic nitrogens is 1. The van der Waals surface area contributed by atoms with Gasteiger partial charge in [0.25, 0.3) is 0 Å². The molecule has 1 aromatic heterocycles. The Morgan fingerprint density at radius 3 is 2.81 bits per heavy atom. The standard InChI is InChI=1S/C21H20N2O3S/c1-2-23(13-15-14-25-17-8-4-5-9-18(17)26-15)21(24)12-11-20-22-16-7-3-6-10-19(16)27-20/h3-12,15H,2,13-14H2,1H3/b12-11+. The summed E-state index contributed by atoms with van der Waals surface area (Å²) in [6, 6.07) is 15.5. The minimum Gasteiger partial charge on any atom is -0.486 e. The zero-order valence-electron chi connectivity index (χ0n) is 15.0. The van der Waals surface area contributed by atoms with Gasteiger partial charge in [-0.1, -0.05) is 24.3 Å². The highest BCUT2D eigenvalue weighted by Crippen LogP contribution is 2.31. The third kappa shape index (κ3) is 3.95. The summed E-state index contributed by atoms with van der Waals surface area (Å²) < 4.78 is 12.8. The van der Waals surface area contributed by atoms with E-state index < -0.39 is 0 Å². The summed E-state index contributed by atoms with van der Waals surface area (Å²) in [5.41, 5.74) is 0.952. The number of hydrogen-bond acceptors (Lipinski definition) is 5. The second-order valence-corrected chi connectivity index (χ2v) is 7.29. The highest BCUT2D eigenvalue weighted by Gasteiger charge is 2.24. The molecular weight excluding hydrogens is 360 g/mol. The van der Waals surface area contributed by atoms with Gasteiger partial charge in [0.05, 0.1) is 16.8 Å². The largest absolute Gasteiger partial charge is 0.486 e. The highest BCUT2D eigenvalue weighted by atomic mass is 32.1. The molecule has 2 heterocycles. The highest BCUT2D eigenvalue weighted by molar-refractivity contribution is 7.19. The number of rotatable bonds is 5. The van der Waals surface area contributed by atoms with Gasteiger partial charge in [0, 0.05) is 12.6 Å². The van der Waals surface area contributed by atoms with Gasteiger partial charge in [-0.3, -0.25) is 4.79 Å². The zero-order valence-corrected chi connectivity index (χ0v) is 15.8. The SMILES string of the molecule is CCN(CC1COc2ccccc2O1)C(=O)/C=C/c1nc2ccccc2s1. The van der Waals surface area contributed by atoms with Gasteiger partial charge in [0.2, 0.25) is 5.91 Å². The third-order valence-electron chi connectivity index (χ3n) is 4.36. The van der Waals surface area contributed by atoms with Crippen LogP contribution in [0.15, 0.2) is 54.6 Å². The summed E-state index contributed by atoms with van der Waals surface area (Å²) in [4.78, 5) is 18.9. The Morgan fingerprint density at radius 2 is 2.00 bits per heavy atom. The fraction of sp³-hybridized carbons (Fsp3) is 0.238. The monoisotopic (exact) mass is 380 g/mol. The number of benzene rings is 2. The number of hydrogen-bond donors (Lipinski definition) is 0. The lowest BCUT2D eigenvalue weighted by Crippen LogP contribution is -2.43. The van der Waals surface area contributed by atoms with Gasteiger partial charge in [0.15, 0.2) is 17.6 Å². The second-order valence-electron chi connectivity index (χ2n) is 6.23. The first-order valence-corrected chi connectivity index (χ1v) is 9.75. The normalized spacial score (nSPS) is 16.0. The Kier molecular flexibility index (Phi) is 5.07. The van der Waals surface area contributed by atoms with Crippen molar-refractivity contribution in [3.63, 3.8) is 0 Å². The Balaban J connectivity index is 1.41. The first-order valence-electron chi connectivity index (χ1n) is 8.94. The van der Waals surface area contributed by atoms with Gasteiger partial charge in [-0.05, 0) is 37.3 Å². The van der Waals surface area contributed by atoms with Crippen LogP contribution in [0.5, 0.6) is 11.5 Å². The van der Waals surface area contributed by atoms with E-state index in [1.165, 1.54) is 0 Å². The predicted molar refractivity (Wildman–Crippen MR) is 107 cm³/mol. The Hall–Kier alpha value is -2.86. The molecule has 0 saturated heterocycles. The number of amides is 1. The van der Waals surface area contributed by atoms with Crippen LogP contribution < -0.4 is 9.47 Å². The second kappa shape index (κ2) is 7.80. The van der Waals surface area contributed by atoms with Crippen molar-refractivity contribution in [2.75, 3.05) is 19.7 Å². The molecule has 2 aromatic carbocycles. The van der Waals surface area contributed by atoms with E-state index in [-0.39, 0.29) is 12.0 Å². The summed E-state index contributed by atoms with van der Waals surface area (Å²) in [5.74, 6) is 1.42. The maximum atomic E-state index is 12.6. The Labute approximate surface area is 161 Å². The number of carbonyl (C=O) groups is 1. The molecule has 27 heavy (non-hydrogen) atoms. The van der Waals surface area contributed by atoms with E-state index in [1.54, 1.807) is 28.4 Å². The van der Waals surface area contributed by atoms with Crippen molar-refractivity contribution in [2.24, 2.45) is 0 Å². The Morgan fingerprint density at radius 1 is 1.22 bits per heavy atom. The number of para-hydroxylation sites is 3. The van der Waals surface area contributed by atoms with Crippen molar-refractivity contribution in [2.45, 2.75) is 13.0 Å². The van der Waals surface area contributed by atoms with Crippen LogP contribution in [0.1, 0.15) is 11.9 Å². The van der Waals surface area contributed by atoms with Crippen LogP contribution in [-0.4, -0.2) is 41.6 Å². The minimum absolute atomic E-state index is 0.0563. The third-order valence-corrected chi connectivity index (χ3v) is 5.37. The molecule has 1 aliphatic rings. The molecule has 0 fully saturated rings. The lowest BCUT2D eigenvalue weighted by molar-refractivity contribution is -0.127. The van der Waals surface area contributed by atoms with Gasteiger partial charge in [-0.2, -0.15) is 0 Å². The molecule has 0 bridgehead atoms. The van der Waals surface area contributed by atoms with Crippen LogP contribution in [0.2, 0.25) is 0 Å². The summed E-state index contributed by atoms with van der Waals surface area (Å²) in [5, 5.41) is 0.826. The average molecular weight is 380 g/mol. The molecule has 0 N–H and O–H groups in total. The number of fused-ring (bicyclic) bond motifs is 2. The summed E-state index contributed by atoms with van der Waals surface area (Å²) >= 11 is 1.57. The van der Waals surface area contributed by atoms with Gasteiger partial charge in [-0.15, -0.1) is 11.3 Å². The van der Waals surface area contributed by atoms with Gasteiger partial charge >= 0.3 is 0 Å². The molecule has 0 saturated carbocycles. The van der Waals surface area contributed by atoms with Crippen molar-refractivity contribution in [3.05, 3.63) is 59.6 Å². The van der Waals surface area contributed by atoms with Crippen LogP contribution >= 0.6 is 11.3 Å². The van der Waals surface area contributed by atoms with Crippen LogP contribution in [-0.2, 0) is 4.79 Å². The van der Waals surface area contributed by atoms with Crippen molar-refractivity contribution >= 4 is 33.5 Å². The van der Waals surface area contributed by atoms with Crippen LogP contribution in [0, 0.1) is 0 Å².